The fourth-order valence-electron chi connectivity index (χ4n) is 2.08. The Kier molecular flexibility index (Phi) is 3.33. The highest BCUT2D eigenvalue weighted by atomic mass is 79.9. The molecule has 0 aromatic heterocycles. The molecule has 0 spiro atoms. The molecular formula is C10H17BrO. The van der Waals surface area contributed by atoms with Crippen molar-refractivity contribution in [3.63, 3.8) is 0 Å². The lowest BCUT2D eigenvalue weighted by Crippen LogP contribution is -2.28. The normalized spacial score (nSPS) is 28.4. The summed E-state index contributed by atoms with van der Waals surface area (Å²) in [5, 5.41) is 0.535. The minimum absolute atomic E-state index is 0.327. The summed E-state index contributed by atoms with van der Waals surface area (Å²) in [6.45, 7) is 4.53. The molecule has 0 aromatic rings. The Labute approximate surface area is 83.0 Å². The molecule has 0 heterocycles. The molecule has 12 heavy (non-hydrogen) atoms. The highest BCUT2D eigenvalue weighted by molar-refractivity contribution is 9.09. The van der Waals surface area contributed by atoms with Gasteiger partial charge in [0.25, 0.3) is 0 Å². The van der Waals surface area contributed by atoms with E-state index in [0.717, 1.165) is 12.8 Å². The number of carbonyl (C=O) groups excluding carboxylic acids is 1. The minimum Gasteiger partial charge on any atom is -0.298 e. The lowest BCUT2D eigenvalue weighted by Gasteiger charge is -2.34. The first-order chi connectivity index (χ1) is 5.55. The van der Waals surface area contributed by atoms with Crippen LogP contribution in [0.25, 0.3) is 0 Å². The zero-order chi connectivity index (χ0) is 9.19. The molecule has 1 saturated carbocycles. The van der Waals surface area contributed by atoms with Gasteiger partial charge in [0.05, 0.1) is 5.33 Å². The number of halogens is 1. The van der Waals surface area contributed by atoms with Gasteiger partial charge in [-0.3, -0.25) is 4.79 Å². The maximum Gasteiger partial charge on any atom is 0.146 e. The second-order valence-electron chi connectivity index (χ2n) is 4.56. The number of Topliss-reactive ketones (excluding diaryl/α,β-unsaturated/α-hetero) is 1. The van der Waals surface area contributed by atoms with E-state index < -0.39 is 0 Å². The fraction of sp³-hybridized carbons (Fsp3) is 0.900. The Bertz CT molecular complexity index is 175. The van der Waals surface area contributed by atoms with E-state index in [1.165, 1.54) is 12.8 Å². The van der Waals surface area contributed by atoms with Crippen LogP contribution in [0, 0.1) is 11.3 Å². The van der Waals surface area contributed by atoms with E-state index in [4.69, 9.17) is 0 Å². The van der Waals surface area contributed by atoms with Crippen LogP contribution in [-0.4, -0.2) is 11.1 Å². The van der Waals surface area contributed by atoms with Crippen molar-refractivity contribution in [2.24, 2.45) is 11.3 Å². The minimum atomic E-state index is 0.327. The summed E-state index contributed by atoms with van der Waals surface area (Å²) in [5.41, 5.74) is 0.390. The first kappa shape index (κ1) is 10.2. The van der Waals surface area contributed by atoms with Crippen LogP contribution in [0.1, 0.15) is 39.5 Å². The molecule has 0 aromatic carbocycles. The smallest absolute Gasteiger partial charge is 0.146 e. The monoisotopic (exact) mass is 232 g/mol. The van der Waals surface area contributed by atoms with Crippen molar-refractivity contribution in [3.05, 3.63) is 0 Å². The first-order valence-electron chi connectivity index (χ1n) is 4.64. The van der Waals surface area contributed by atoms with Crippen LogP contribution in [0.3, 0.4) is 0 Å². The summed E-state index contributed by atoms with van der Waals surface area (Å²) in [7, 11) is 0. The summed E-state index contributed by atoms with van der Waals surface area (Å²) in [5.74, 6) is 0.718. The fourth-order valence-corrected chi connectivity index (χ4v) is 2.54. The predicted octanol–water partition coefficient (Wildman–Crippen LogP) is 3.17. The van der Waals surface area contributed by atoms with Gasteiger partial charge in [0.2, 0.25) is 0 Å². The van der Waals surface area contributed by atoms with Crippen molar-refractivity contribution in [2.45, 2.75) is 39.5 Å². The maximum atomic E-state index is 11.4. The molecule has 0 amide bonds. The summed E-state index contributed by atoms with van der Waals surface area (Å²) < 4.78 is 0. The quantitative estimate of drug-likeness (QED) is 0.669. The van der Waals surface area contributed by atoms with E-state index in [2.05, 4.69) is 29.8 Å². The molecule has 1 fully saturated rings. The molecular weight excluding hydrogens is 216 g/mol. The van der Waals surface area contributed by atoms with E-state index in [0.29, 0.717) is 22.4 Å². The highest BCUT2D eigenvalue weighted by Crippen LogP contribution is 2.38. The zero-order valence-electron chi connectivity index (χ0n) is 7.90. The van der Waals surface area contributed by atoms with Crippen LogP contribution in [0.2, 0.25) is 0 Å². The highest BCUT2D eigenvalue weighted by Gasteiger charge is 2.30. The Morgan fingerprint density at radius 1 is 1.58 bits per heavy atom. The Hall–Kier alpha value is 0.150. The summed E-state index contributed by atoms with van der Waals surface area (Å²) in [4.78, 5) is 11.4. The summed E-state index contributed by atoms with van der Waals surface area (Å²) in [6, 6.07) is 0. The van der Waals surface area contributed by atoms with Gasteiger partial charge in [-0.25, -0.2) is 0 Å². The number of hydrogen-bond acceptors (Lipinski definition) is 1. The van der Waals surface area contributed by atoms with Gasteiger partial charge < -0.3 is 0 Å². The number of carbonyl (C=O) groups is 1. The Morgan fingerprint density at radius 2 is 2.25 bits per heavy atom. The SMILES string of the molecule is CC1(C)CCCC(C(=O)CBr)C1. The average Bonchev–Trinajstić information content (AvgIpc) is 2.01. The molecule has 0 saturated heterocycles. The van der Waals surface area contributed by atoms with Crippen LogP contribution in [0.15, 0.2) is 0 Å². The third kappa shape index (κ3) is 2.58. The molecule has 0 bridgehead atoms. The van der Waals surface area contributed by atoms with Crippen LogP contribution >= 0.6 is 15.9 Å². The van der Waals surface area contributed by atoms with Gasteiger partial charge in [-0.1, -0.05) is 36.2 Å². The molecule has 0 radical (unpaired) electrons. The predicted molar refractivity (Wildman–Crippen MR) is 54.5 cm³/mol. The molecule has 0 aliphatic heterocycles. The third-order valence-electron chi connectivity index (χ3n) is 2.79. The van der Waals surface area contributed by atoms with E-state index >= 15 is 0 Å². The van der Waals surface area contributed by atoms with Gasteiger partial charge in [-0.05, 0) is 24.7 Å². The second-order valence-corrected chi connectivity index (χ2v) is 5.12. The second kappa shape index (κ2) is 3.91. The molecule has 1 rings (SSSR count). The summed E-state index contributed by atoms with van der Waals surface area (Å²) >= 11 is 3.24. The Balaban J connectivity index is 2.52. The van der Waals surface area contributed by atoms with Crippen LogP contribution in [-0.2, 0) is 4.79 Å². The largest absolute Gasteiger partial charge is 0.298 e. The number of rotatable bonds is 2. The van der Waals surface area contributed by atoms with Gasteiger partial charge in [0, 0.05) is 5.92 Å². The molecule has 1 unspecified atom stereocenters. The summed E-state index contributed by atoms with van der Waals surface area (Å²) in [6.07, 6.45) is 4.68. The zero-order valence-corrected chi connectivity index (χ0v) is 9.49. The third-order valence-corrected chi connectivity index (χ3v) is 3.34. The molecule has 1 aliphatic rings. The molecule has 1 nitrogen and oxygen atoms in total. The van der Waals surface area contributed by atoms with E-state index in [1.54, 1.807) is 0 Å². The van der Waals surface area contributed by atoms with Crippen LogP contribution in [0.4, 0.5) is 0 Å². The maximum absolute atomic E-state index is 11.4. The van der Waals surface area contributed by atoms with E-state index in [1.807, 2.05) is 0 Å². The molecule has 1 aliphatic carbocycles. The van der Waals surface area contributed by atoms with Gasteiger partial charge >= 0.3 is 0 Å². The van der Waals surface area contributed by atoms with Crippen molar-refractivity contribution in [2.75, 3.05) is 5.33 Å². The van der Waals surface area contributed by atoms with E-state index in [-0.39, 0.29) is 0 Å². The molecule has 2 heteroatoms. The van der Waals surface area contributed by atoms with Crippen molar-refractivity contribution >= 4 is 21.7 Å². The van der Waals surface area contributed by atoms with Gasteiger partial charge in [0.15, 0.2) is 0 Å². The lowest BCUT2D eigenvalue weighted by molar-refractivity contribution is -0.122. The van der Waals surface area contributed by atoms with Crippen molar-refractivity contribution in [3.8, 4) is 0 Å². The lowest BCUT2D eigenvalue weighted by atomic mass is 9.71. The van der Waals surface area contributed by atoms with E-state index in [9.17, 15) is 4.79 Å². The van der Waals surface area contributed by atoms with Crippen molar-refractivity contribution in [1.29, 1.82) is 0 Å². The van der Waals surface area contributed by atoms with Gasteiger partial charge in [0.1, 0.15) is 5.78 Å². The van der Waals surface area contributed by atoms with Crippen molar-refractivity contribution in [1.82, 2.24) is 0 Å². The topological polar surface area (TPSA) is 17.1 Å². The van der Waals surface area contributed by atoms with Gasteiger partial charge in [-0.15, -0.1) is 0 Å². The Morgan fingerprint density at radius 3 is 2.75 bits per heavy atom. The average molecular weight is 233 g/mol. The number of ketones is 1. The molecule has 1 atom stereocenters. The van der Waals surface area contributed by atoms with Crippen LogP contribution < -0.4 is 0 Å². The van der Waals surface area contributed by atoms with Gasteiger partial charge in [-0.2, -0.15) is 0 Å². The molecule has 0 N–H and O–H groups in total. The number of hydrogen-bond donors (Lipinski definition) is 0. The van der Waals surface area contributed by atoms with Crippen molar-refractivity contribution < 1.29 is 4.79 Å². The van der Waals surface area contributed by atoms with Crippen LogP contribution in [0.5, 0.6) is 0 Å². The standard InChI is InChI=1S/C10H17BrO/c1-10(2)5-3-4-8(6-10)9(12)7-11/h8H,3-7H2,1-2H3. The number of alkyl halides is 1. The molecule has 70 valence electrons. The first-order valence-corrected chi connectivity index (χ1v) is 5.76.